The maximum Gasteiger partial charge on any atom is 0.333 e. The van der Waals surface area contributed by atoms with Gasteiger partial charge in [0.1, 0.15) is 12.4 Å². The summed E-state index contributed by atoms with van der Waals surface area (Å²) in [5.74, 6) is 0.214. The summed E-state index contributed by atoms with van der Waals surface area (Å²) in [6.45, 7) is 1.70. The van der Waals surface area contributed by atoms with E-state index in [2.05, 4.69) is 17.2 Å². The average Bonchev–Trinajstić information content (AvgIpc) is 3.28. The van der Waals surface area contributed by atoms with Crippen molar-refractivity contribution in [2.75, 3.05) is 24.5 Å². The van der Waals surface area contributed by atoms with Crippen LogP contribution in [0, 0.1) is 11.7 Å². The zero-order valence-corrected chi connectivity index (χ0v) is 18.8. The summed E-state index contributed by atoms with van der Waals surface area (Å²) in [6, 6.07) is 16.2. The molecular formula is C25H26FN5O3. The highest BCUT2D eigenvalue weighted by atomic mass is 19.1. The molecule has 1 saturated heterocycles. The van der Waals surface area contributed by atoms with E-state index in [0.717, 1.165) is 23.9 Å². The van der Waals surface area contributed by atoms with Crippen LogP contribution >= 0.6 is 0 Å². The van der Waals surface area contributed by atoms with Crippen molar-refractivity contribution in [3.8, 4) is 0 Å². The third-order valence-corrected chi connectivity index (χ3v) is 6.66. The van der Waals surface area contributed by atoms with E-state index in [-0.39, 0.29) is 24.2 Å². The number of anilines is 2. The number of carbonyl (C=O) groups is 1. The molecule has 0 aliphatic carbocycles. The molecular weight excluding hydrogens is 437 g/mol. The minimum atomic E-state index is -0.808. The number of amides is 1. The lowest BCUT2D eigenvalue weighted by molar-refractivity contribution is -0.133. The molecule has 2 aliphatic heterocycles. The highest BCUT2D eigenvalue weighted by Gasteiger charge is 2.28. The number of halogens is 1. The maximum absolute atomic E-state index is 13.3. The minimum Gasteiger partial charge on any atom is -0.341 e. The third-order valence-electron chi connectivity index (χ3n) is 6.66. The molecule has 8 nitrogen and oxygen atoms in total. The Bertz CT molecular complexity index is 1290. The van der Waals surface area contributed by atoms with Gasteiger partial charge in [-0.2, -0.15) is 0 Å². The summed E-state index contributed by atoms with van der Waals surface area (Å²) < 4.78 is 15.6. The molecule has 0 unspecified atom stereocenters. The van der Waals surface area contributed by atoms with Gasteiger partial charge in [0, 0.05) is 31.9 Å². The molecule has 3 heterocycles. The summed E-state index contributed by atoms with van der Waals surface area (Å²) in [5.41, 5.74) is 0.449. The zero-order valence-electron chi connectivity index (χ0n) is 18.8. The van der Waals surface area contributed by atoms with E-state index < -0.39 is 11.1 Å². The summed E-state index contributed by atoms with van der Waals surface area (Å²) >= 11 is 0. The number of likely N-dealkylation sites (tertiary alicyclic amines) is 1. The Morgan fingerprint density at radius 2 is 1.62 bits per heavy atom. The molecule has 2 aromatic carbocycles. The molecule has 0 bridgehead atoms. The van der Waals surface area contributed by atoms with Crippen molar-refractivity contribution < 1.29 is 9.18 Å². The number of piperidine rings is 1. The molecule has 34 heavy (non-hydrogen) atoms. The molecule has 0 saturated carbocycles. The Kier molecular flexibility index (Phi) is 6.00. The lowest BCUT2D eigenvalue weighted by atomic mass is 9.90. The fraction of sp³-hybridized carbons (Fsp3) is 0.360. The fourth-order valence-corrected chi connectivity index (χ4v) is 4.76. The van der Waals surface area contributed by atoms with Crippen molar-refractivity contribution in [3.05, 3.63) is 86.7 Å². The summed E-state index contributed by atoms with van der Waals surface area (Å²) in [4.78, 5) is 41.7. The van der Waals surface area contributed by atoms with E-state index in [4.69, 9.17) is 0 Å². The third kappa shape index (κ3) is 4.37. The quantitative estimate of drug-likeness (QED) is 0.542. The Morgan fingerprint density at radius 1 is 0.912 bits per heavy atom. The highest BCUT2D eigenvalue weighted by molar-refractivity contribution is 5.76. The Labute approximate surface area is 195 Å². The molecule has 2 aliphatic rings. The van der Waals surface area contributed by atoms with E-state index in [9.17, 15) is 18.8 Å². The molecule has 3 aromatic rings. The van der Waals surface area contributed by atoms with Crippen LogP contribution in [0.2, 0.25) is 0 Å². The smallest absolute Gasteiger partial charge is 0.333 e. The van der Waals surface area contributed by atoms with Gasteiger partial charge >= 0.3 is 11.1 Å². The molecule has 0 spiro atoms. The van der Waals surface area contributed by atoms with Gasteiger partial charge < -0.3 is 9.80 Å². The lowest BCUT2D eigenvalue weighted by Gasteiger charge is -2.32. The van der Waals surface area contributed by atoms with Crippen molar-refractivity contribution in [1.29, 1.82) is 0 Å². The van der Waals surface area contributed by atoms with E-state index in [1.165, 1.54) is 22.3 Å². The van der Waals surface area contributed by atoms with Gasteiger partial charge in [0.05, 0.1) is 0 Å². The number of aromatic nitrogens is 3. The number of fused-ring (bicyclic) bond motifs is 1. The predicted molar refractivity (Wildman–Crippen MR) is 126 cm³/mol. The predicted octanol–water partition coefficient (Wildman–Crippen LogP) is 2.18. The monoisotopic (exact) mass is 463 g/mol. The van der Waals surface area contributed by atoms with Crippen molar-refractivity contribution in [2.45, 2.75) is 32.4 Å². The molecule has 5 rings (SSSR count). The summed E-state index contributed by atoms with van der Waals surface area (Å²) in [6.07, 6.45) is 2.78. The van der Waals surface area contributed by atoms with Gasteiger partial charge in [-0.15, -0.1) is 5.10 Å². The largest absolute Gasteiger partial charge is 0.341 e. The van der Waals surface area contributed by atoms with Crippen LogP contribution < -0.4 is 16.0 Å². The Hall–Kier alpha value is -3.75. The second kappa shape index (κ2) is 9.24. The Balaban J connectivity index is 1.28. The first-order chi connectivity index (χ1) is 16.5. The maximum atomic E-state index is 13.3. The average molecular weight is 464 g/mol. The first-order valence-electron chi connectivity index (χ1n) is 11.6. The highest BCUT2D eigenvalue weighted by Crippen LogP contribution is 2.26. The molecule has 0 atom stereocenters. The van der Waals surface area contributed by atoms with E-state index in [1.54, 1.807) is 21.9 Å². The van der Waals surface area contributed by atoms with Gasteiger partial charge in [0.2, 0.25) is 11.9 Å². The van der Waals surface area contributed by atoms with Crippen LogP contribution in [-0.4, -0.2) is 44.8 Å². The van der Waals surface area contributed by atoms with Crippen molar-refractivity contribution in [3.63, 3.8) is 0 Å². The van der Waals surface area contributed by atoms with Gasteiger partial charge in [-0.3, -0.25) is 19.0 Å². The number of hydrogen-bond donors (Lipinski definition) is 0. The number of carbonyl (C=O) groups excluding carboxylic acids is 1. The van der Waals surface area contributed by atoms with Gasteiger partial charge in [-0.05, 0) is 55.0 Å². The van der Waals surface area contributed by atoms with Gasteiger partial charge in [-0.1, -0.05) is 30.3 Å². The van der Waals surface area contributed by atoms with Crippen LogP contribution in [0.15, 0.2) is 64.2 Å². The normalized spacial score (nSPS) is 16.0. The molecule has 1 amide bonds. The number of benzene rings is 2. The van der Waals surface area contributed by atoms with Crippen LogP contribution in [-0.2, 0) is 24.3 Å². The summed E-state index contributed by atoms with van der Waals surface area (Å²) in [5, 5.41) is 4.35. The number of rotatable bonds is 5. The minimum absolute atomic E-state index is 0.219. The van der Waals surface area contributed by atoms with E-state index in [0.29, 0.717) is 37.8 Å². The standard InChI is InChI=1S/C25H26FN5O3/c26-20-6-8-21(9-7-20)29-14-15-30-23(33)24(34)31(27-25(29)30)17-22(32)28-12-10-19(11-13-28)16-18-4-2-1-3-5-18/h1-9,19H,10-17H2. The van der Waals surface area contributed by atoms with Gasteiger partial charge in [0.15, 0.2) is 0 Å². The van der Waals surface area contributed by atoms with Gasteiger partial charge in [-0.25, -0.2) is 9.07 Å². The van der Waals surface area contributed by atoms with E-state index >= 15 is 0 Å². The number of hydrogen-bond acceptors (Lipinski definition) is 5. The number of nitrogens with zero attached hydrogens (tertiary/aromatic N) is 5. The zero-order chi connectivity index (χ0) is 23.7. The molecule has 1 aromatic heterocycles. The van der Waals surface area contributed by atoms with Crippen LogP contribution in [0.4, 0.5) is 16.0 Å². The van der Waals surface area contributed by atoms with Crippen molar-refractivity contribution in [2.24, 2.45) is 5.92 Å². The molecule has 176 valence electrons. The second-order valence-electron chi connectivity index (χ2n) is 8.86. The SMILES string of the molecule is O=C(Cn1nc2n(c(=O)c1=O)CCN2c1ccc(F)cc1)N1CCC(Cc2ccccc2)CC1. The fourth-order valence-electron chi connectivity index (χ4n) is 4.76. The molecule has 0 N–H and O–H groups in total. The first-order valence-corrected chi connectivity index (χ1v) is 11.6. The topological polar surface area (TPSA) is 80.4 Å². The lowest BCUT2D eigenvalue weighted by Crippen LogP contribution is -2.47. The first kappa shape index (κ1) is 22.1. The summed E-state index contributed by atoms with van der Waals surface area (Å²) in [7, 11) is 0. The van der Waals surface area contributed by atoms with Crippen LogP contribution in [0.3, 0.4) is 0 Å². The molecule has 1 fully saturated rings. The van der Waals surface area contributed by atoms with Crippen LogP contribution in [0.1, 0.15) is 18.4 Å². The molecule has 9 heteroatoms. The van der Waals surface area contributed by atoms with Crippen molar-refractivity contribution in [1.82, 2.24) is 19.2 Å². The second-order valence-corrected chi connectivity index (χ2v) is 8.86. The van der Waals surface area contributed by atoms with Gasteiger partial charge in [0.25, 0.3) is 0 Å². The molecule has 0 radical (unpaired) electrons. The Morgan fingerprint density at radius 3 is 2.32 bits per heavy atom. The van der Waals surface area contributed by atoms with E-state index in [1.807, 2.05) is 18.2 Å². The van der Waals surface area contributed by atoms with Crippen LogP contribution in [0.25, 0.3) is 0 Å². The van der Waals surface area contributed by atoms with Crippen molar-refractivity contribution >= 4 is 17.5 Å². The van der Waals surface area contributed by atoms with Crippen LogP contribution in [0.5, 0.6) is 0 Å².